The van der Waals surface area contributed by atoms with Crippen LogP contribution in [0.25, 0.3) is 5.65 Å². The molecule has 1 aliphatic heterocycles. The fourth-order valence-corrected chi connectivity index (χ4v) is 2.57. The van der Waals surface area contributed by atoms with E-state index in [1.165, 1.54) is 6.92 Å². The quantitative estimate of drug-likeness (QED) is 0.759. The van der Waals surface area contributed by atoms with Gasteiger partial charge in [0.15, 0.2) is 17.2 Å². The summed E-state index contributed by atoms with van der Waals surface area (Å²) in [7, 11) is 0. The van der Waals surface area contributed by atoms with Crippen molar-refractivity contribution in [3.05, 3.63) is 17.0 Å². The number of hydrogen-bond acceptors (Lipinski definition) is 6. The van der Waals surface area contributed by atoms with E-state index < -0.39 is 0 Å². The normalized spacial score (nSPS) is 14.8. The highest BCUT2D eigenvalue weighted by Crippen LogP contribution is 2.26. The Balaban J connectivity index is 2.25. The fourth-order valence-electron chi connectivity index (χ4n) is 2.57. The Morgan fingerprint density at radius 3 is 2.60 bits per heavy atom. The number of carbonyl (C=O) groups excluding carboxylic acids is 1. The molecule has 0 radical (unpaired) electrons. The molecule has 20 heavy (non-hydrogen) atoms. The molecule has 2 aromatic heterocycles. The number of anilines is 1. The summed E-state index contributed by atoms with van der Waals surface area (Å²) in [6, 6.07) is 2.16. The lowest BCUT2D eigenvalue weighted by molar-refractivity contribution is 0.101. The molecule has 0 N–H and O–H groups in total. The van der Waals surface area contributed by atoms with Gasteiger partial charge in [0, 0.05) is 20.0 Å². The zero-order valence-electron chi connectivity index (χ0n) is 11.4. The third-order valence-electron chi connectivity index (χ3n) is 3.60. The third kappa shape index (κ3) is 1.72. The van der Waals surface area contributed by atoms with Crippen LogP contribution in [0.15, 0.2) is 0 Å². The Hall–Kier alpha value is -2.49. The maximum absolute atomic E-state index is 11.5. The average molecular weight is 270 g/mol. The highest BCUT2D eigenvalue weighted by atomic mass is 16.1. The first-order valence-electron chi connectivity index (χ1n) is 6.55. The van der Waals surface area contributed by atoms with Gasteiger partial charge in [-0.05, 0) is 19.8 Å². The number of rotatable bonds is 2. The molecule has 0 atom stereocenters. The lowest BCUT2D eigenvalue weighted by atomic mass is 10.2. The summed E-state index contributed by atoms with van der Waals surface area (Å²) in [6.45, 7) is 4.99. The molecule has 102 valence electrons. The van der Waals surface area contributed by atoms with Crippen LogP contribution in [0.4, 0.5) is 5.82 Å². The van der Waals surface area contributed by atoms with Gasteiger partial charge >= 0.3 is 0 Å². The second-order valence-corrected chi connectivity index (χ2v) is 4.93. The number of hydrogen-bond donors (Lipinski definition) is 0. The van der Waals surface area contributed by atoms with Crippen LogP contribution in [0.2, 0.25) is 0 Å². The minimum absolute atomic E-state index is 0.159. The third-order valence-corrected chi connectivity index (χ3v) is 3.60. The molecule has 1 aliphatic rings. The topological polar surface area (TPSA) is 87.2 Å². The maximum Gasteiger partial charge on any atom is 0.197 e. The summed E-state index contributed by atoms with van der Waals surface area (Å²) < 4.78 is 1.55. The minimum atomic E-state index is -0.159. The number of nitrogens with zero attached hydrogens (tertiary/aromatic N) is 6. The summed E-state index contributed by atoms with van der Waals surface area (Å²) in [6.07, 6.45) is 2.20. The highest BCUT2D eigenvalue weighted by Gasteiger charge is 2.24. The lowest BCUT2D eigenvalue weighted by Crippen LogP contribution is -2.19. The highest BCUT2D eigenvalue weighted by molar-refractivity contribution is 5.93. The average Bonchev–Trinajstić information content (AvgIpc) is 3.05. The summed E-state index contributed by atoms with van der Waals surface area (Å²) in [5.41, 5.74) is 1.75. The van der Waals surface area contributed by atoms with E-state index in [-0.39, 0.29) is 11.5 Å². The van der Waals surface area contributed by atoms with E-state index in [2.05, 4.69) is 26.3 Å². The van der Waals surface area contributed by atoms with Crippen LogP contribution < -0.4 is 4.90 Å². The van der Waals surface area contributed by atoms with Crippen molar-refractivity contribution < 1.29 is 4.79 Å². The van der Waals surface area contributed by atoms with Crippen LogP contribution in [-0.4, -0.2) is 38.7 Å². The first-order chi connectivity index (χ1) is 9.63. The number of Topliss-reactive ketones (excluding diaryl/α,β-unsaturated/α-hetero) is 1. The molecule has 0 bridgehead atoms. The number of fused-ring (bicyclic) bond motifs is 1. The number of nitriles is 1. The van der Waals surface area contributed by atoms with Crippen molar-refractivity contribution in [1.29, 1.82) is 5.26 Å². The van der Waals surface area contributed by atoms with E-state index >= 15 is 0 Å². The number of aromatic nitrogens is 4. The minimum Gasteiger partial charge on any atom is -0.354 e. The van der Waals surface area contributed by atoms with Crippen molar-refractivity contribution in [2.24, 2.45) is 0 Å². The van der Waals surface area contributed by atoms with Crippen molar-refractivity contribution in [2.45, 2.75) is 26.7 Å². The van der Waals surface area contributed by atoms with E-state index in [4.69, 9.17) is 0 Å². The molecule has 0 aliphatic carbocycles. The Kier molecular flexibility index (Phi) is 2.86. The van der Waals surface area contributed by atoms with Crippen molar-refractivity contribution in [2.75, 3.05) is 18.0 Å². The molecule has 0 unspecified atom stereocenters. The van der Waals surface area contributed by atoms with Gasteiger partial charge in [0.05, 0.1) is 5.69 Å². The van der Waals surface area contributed by atoms with E-state index in [0.717, 1.165) is 25.9 Å². The monoisotopic (exact) mass is 270 g/mol. The van der Waals surface area contributed by atoms with Crippen LogP contribution in [0, 0.1) is 18.3 Å². The van der Waals surface area contributed by atoms with Crippen LogP contribution >= 0.6 is 0 Å². The first-order valence-corrected chi connectivity index (χ1v) is 6.55. The molecule has 7 heteroatoms. The Morgan fingerprint density at radius 2 is 2.00 bits per heavy atom. The molecular formula is C13H14N6O. The molecule has 0 saturated carbocycles. The second-order valence-electron chi connectivity index (χ2n) is 4.93. The summed E-state index contributed by atoms with van der Waals surface area (Å²) in [5.74, 6) is 0.483. The molecule has 0 aromatic carbocycles. The van der Waals surface area contributed by atoms with E-state index in [1.807, 2.05) is 0 Å². The van der Waals surface area contributed by atoms with Crippen LogP contribution in [0.5, 0.6) is 0 Å². The SMILES string of the molecule is CC(=O)c1nnc2c(C#N)c(N3CCCC3)nn2c1C. The van der Waals surface area contributed by atoms with Gasteiger partial charge in [0.2, 0.25) is 0 Å². The van der Waals surface area contributed by atoms with Crippen molar-refractivity contribution in [3.63, 3.8) is 0 Å². The Labute approximate surface area is 115 Å². The predicted molar refractivity (Wildman–Crippen MR) is 71.7 cm³/mol. The maximum atomic E-state index is 11.5. The van der Waals surface area contributed by atoms with Crippen molar-refractivity contribution >= 4 is 17.2 Å². The number of ketones is 1. The largest absolute Gasteiger partial charge is 0.354 e. The van der Waals surface area contributed by atoms with Gasteiger partial charge in [0.1, 0.15) is 17.3 Å². The van der Waals surface area contributed by atoms with Crippen LogP contribution in [0.3, 0.4) is 0 Å². The number of carbonyl (C=O) groups is 1. The van der Waals surface area contributed by atoms with Gasteiger partial charge in [-0.3, -0.25) is 4.79 Å². The van der Waals surface area contributed by atoms with Crippen LogP contribution in [0.1, 0.15) is 41.5 Å². The molecule has 7 nitrogen and oxygen atoms in total. The lowest BCUT2D eigenvalue weighted by Gasteiger charge is -2.13. The van der Waals surface area contributed by atoms with Crippen LogP contribution in [-0.2, 0) is 0 Å². The Bertz CT molecular complexity index is 735. The van der Waals surface area contributed by atoms with E-state index in [9.17, 15) is 10.1 Å². The zero-order valence-corrected chi connectivity index (χ0v) is 11.4. The Morgan fingerprint density at radius 1 is 1.30 bits per heavy atom. The second kappa shape index (κ2) is 4.56. The molecule has 3 heterocycles. The summed E-state index contributed by atoms with van der Waals surface area (Å²) in [5, 5.41) is 21.8. The van der Waals surface area contributed by atoms with Gasteiger partial charge in [-0.2, -0.15) is 5.26 Å². The van der Waals surface area contributed by atoms with Gasteiger partial charge in [0.25, 0.3) is 0 Å². The van der Waals surface area contributed by atoms with Gasteiger partial charge < -0.3 is 4.90 Å². The molecule has 3 rings (SSSR count). The van der Waals surface area contributed by atoms with E-state index in [1.54, 1.807) is 11.4 Å². The van der Waals surface area contributed by atoms with Crippen molar-refractivity contribution in [1.82, 2.24) is 19.8 Å². The predicted octanol–water partition coefficient (Wildman–Crippen LogP) is 1.11. The zero-order chi connectivity index (χ0) is 14.3. The fraction of sp³-hybridized carbons (Fsp3) is 0.462. The van der Waals surface area contributed by atoms with Gasteiger partial charge in [-0.15, -0.1) is 15.3 Å². The molecule has 1 fully saturated rings. The van der Waals surface area contributed by atoms with Gasteiger partial charge in [-0.25, -0.2) is 4.52 Å². The van der Waals surface area contributed by atoms with Gasteiger partial charge in [-0.1, -0.05) is 0 Å². The van der Waals surface area contributed by atoms with E-state index in [0.29, 0.717) is 22.7 Å². The molecule has 0 spiro atoms. The molecular weight excluding hydrogens is 256 g/mol. The molecule has 2 aromatic rings. The summed E-state index contributed by atoms with van der Waals surface area (Å²) >= 11 is 0. The number of aryl methyl sites for hydroxylation is 1. The smallest absolute Gasteiger partial charge is 0.197 e. The van der Waals surface area contributed by atoms with Crippen molar-refractivity contribution in [3.8, 4) is 6.07 Å². The standard InChI is InChI=1S/C13H14N6O/c1-8-11(9(2)20)15-16-12-10(7-14)13(17-19(8)12)18-5-3-4-6-18/h3-6H2,1-2H3. The first kappa shape index (κ1) is 12.5. The molecule has 0 amide bonds. The summed E-state index contributed by atoms with van der Waals surface area (Å²) in [4.78, 5) is 13.6. The molecule has 1 saturated heterocycles.